The maximum Gasteiger partial charge on any atom is 0.434 e. The molecular formula is C9H11F3N2O2S. The molecule has 4 nitrogen and oxygen atoms in total. The highest BCUT2D eigenvalue weighted by Crippen LogP contribution is 2.31. The summed E-state index contributed by atoms with van der Waals surface area (Å²) in [5.74, 6) is 0. The number of hydrogen-bond acceptors (Lipinski definition) is 4. The largest absolute Gasteiger partial charge is 0.444 e. The van der Waals surface area contributed by atoms with Crippen LogP contribution >= 0.6 is 11.3 Å². The van der Waals surface area contributed by atoms with Crippen LogP contribution in [0.1, 0.15) is 26.5 Å². The van der Waals surface area contributed by atoms with Crippen molar-refractivity contribution in [2.24, 2.45) is 0 Å². The Hall–Kier alpha value is -1.31. The normalized spacial score (nSPS) is 12.4. The van der Waals surface area contributed by atoms with E-state index in [0.717, 1.165) is 5.38 Å². The molecule has 0 saturated carbocycles. The molecule has 8 heteroatoms. The lowest BCUT2D eigenvalue weighted by molar-refractivity contribution is -0.140. The Labute approximate surface area is 99.8 Å². The van der Waals surface area contributed by atoms with Gasteiger partial charge in [-0.25, -0.2) is 9.78 Å². The van der Waals surface area contributed by atoms with Crippen LogP contribution in [0, 0.1) is 0 Å². The molecule has 0 aliphatic rings. The van der Waals surface area contributed by atoms with E-state index in [2.05, 4.69) is 10.3 Å². The van der Waals surface area contributed by atoms with E-state index in [0.29, 0.717) is 11.3 Å². The quantitative estimate of drug-likeness (QED) is 0.848. The van der Waals surface area contributed by atoms with Crippen molar-refractivity contribution in [3.05, 3.63) is 11.1 Å². The van der Waals surface area contributed by atoms with Crippen LogP contribution in [-0.2, 0) is 10.9 Å². The molecule has 1 aromatic heterocycles. The highest BCUT2D eigenvalue weighted by molar-refractivity contribution is 7.13. The molecule has 1 aromatic rings. The zero-order chi connectivity index (χ0) is 13.3. The van der Waals surface area contributed by atoms with E-state index in [1.807, 2.05) is 0 Å². The van der Waals surface area contributed by atoms with E-state index >= 15 is 0 Å². The van der Waals surface area contributed by atoms with Crippen molar-refractivity contribution < 1.29 is 22.7 Å². The fourth-order valence-corrected chi connectivity index (χ4v) is 1.56. The molecule has 0 bridgehead atoms. The Kier molecular flexibility index (Phi) is 3.65. The number of carbonyl (C=O) groups excluding carboxylic acids is 1. The summed E-state index contributed by atoms with van der Waals surface area (Å²) in [5.41, 5.74) is -1.75. The number of carbonyl (C=O) groups is 1. The van der Waals surface area contributed by atoms with Crippen molar-refractivity contribution in [1.82, 2.24) is 4.98 Å². The number of aromatic nitrogens is 1. The van der Waals surface area contributed by atoms with Crippen LogP contribution in [-0.4, -0.2) is 16.7 Å². The van der Waals surface area contributed by atoms with Gasteiger partial charge in [-0.15, -0.1) is 11.3 Å². The Morgan fingerprint density at radius 3 is 2.41 bits per heavy atom. The standard InChI is InChI=1S/C9H11F3N2O2S/c1-8(2,3)16-7(15)14-6-13-5(4-17-6)9(10,11)12/h4H,1-3H3,(H,13,14,15). The van der Waals surface area contributed by atoms with E-state index in [1.54, 1.807) is 20.8 Å². The molecular weight excluding hydrogens is 257 g/mol. The van der Waals surface area contributed by atoms with Gasteiger partial charge in [0.1, 0.15) is 5.60 Å². The average molecular weight is 268 g/mol. The minimum absolute atomic E-state index is 0.147. The molecule has 0 atom stereocenters. The van der Waals surface area contributed by atoms with Gasteiger partial charge in [-0.2, -0.15) is 13.2 Å². The van der Waals surface area contributed by atoms with E-state index in [4.69, 9.17) is 4.74 Å². The van der Waals surface area contributed by atoms with Crippen LogP contribution in [0.2, 0.25) is 0 Å². The molecule has 96 valence electrons. The molecule has 1 heterocycles. The Morgan fingerprint density at radius 1 is 1.41 bits per heavy atom. The van der Waals surface area contributed by atoms with Crippen molar-refractivity contribution in [3.8, 4) is 0 Å². The van der Waals surface area contributed by atoms with Crippen LogP contribution in [0.15, 0.2) is 5.38 Å². The first-order valence-corrected chi connectivity index (χ1v) is 5.48. The predicted molar refractivity (Wildman–Crippen MR) is 57.0 cm³/mol. The lowest BCUT2D eigenvalue weighted by Gasteiger charge is -2.18. The third-order valence-electron chi connectivity index (χ3n) is 1.40. The third kappa shape index (κ3) is 4.59. The lowest BCUT2D eigenvalue weighted by Crippen LogP contribution is -2.27. The lowest BCUT2D eigenvalue weighted by atomic mass is 10.2. The van der Waals surface area contributed by atoms with E-state index in [1.165, 1.54) is 0 Å². The van der Waals surface area contributed by atoms with Gasteiger partial charge < -0.3 is 4.74 Å². The number of amides is 1. The first kappa shape index (κ1) is 13.8. The summed E-state index contributed by atoms with van der Waals surface area (Å²) in [4.78, 5) is 14.5. The smallest absolute Gasteiger partial charge is 0.434 e. The maximum absolute atomic E-state index is 12.2. The molecule has 0 saturated heterocycles. The second-order valence-electron chi connectivity index (χ2n) is 4.16. The van der Waals surface area contributed by atoms with Crippen LogP contribution in [0.4, 0.5) is 23.1 Å². The zero-order valence-electron chi connectivity index (χ0n) is 9.38. The summed E-state index contributed by atoms with van der Waals surface area (Å²) in [5, 5.41) is 2.82. The van der Waals surface area contributed by atoms with Crippen LogP contribution < -0.4 is 5.32 Å². The van der Waals surface area contributed by atoms with E-state index in [9.17, 15) is 18.0 Å². The number of rotatable bonds is 1. The van der Waals surface area contributed by atoms with Crippen molar-refractivity contribution in [2.45, 2.75) is 32.5 Å². The Bertz CT molecular complexity index is 409. The zero-order valence-corrected chi connectivity index (χ0v) is 10.2. The highest BCUT2D eigenvalue weighted by atomic mass is 32.1. The van der Waals surface area contributed by atoms with Gasteiger partial charge in [-0.1, -0.05) is 0 Å². The van der Waals surface area contributed by atoms with Crippen molar-refractivity contribution >= 4 is 22.6 Å². The summed E-state index contributed by atoms with van der Waals surface area (Å²) in [6.07, 6.45) is -5.34. The van der Waals surface area contributed by atoms with Crippen LogP contribution in [0.25, 0.3) is 0 Å². The monoisotopic (exact) mass is 268 g/mol. The summed E-state index contributed by atoms with van der Waals surface area (Å²) in [6.45, 7) is 4.95. The molecule has 0 spiro atoms. The molecule has 1 N–H and O–H groups in total. The van der Waals surface area contributed by atoms with Gasteiger partial charge in [-0.05, 0) is 20.8 Å². The molecule has 0 fully saturated rings. The fraction of sp³-hybridized carbons (Fsp3) is 0.556. The van der Waals surface area contributed by atoms with E-state index in [-0.39, 0.29) is 5.13 Å². The molecule has 0 aliphatic carbocycles. The van der Waals surface area contributed by atoms with Crippen LogP contribution in [0.5, 0.6) is 0 Å². The van der Waals surface area contributed by atoms with Gasteiger partial charge in [0.15, 0.2) is 10.8 Å². The second-order valence-corrected chi connectivity index (χ2v) is 5.02. The minimum Gasteiger partial charge on any atom is -0.444 e. The van der Waals surface area contributed by atoms with E-state index < -0.39 is 23.6 Å². The van der Waals surface area contributed by atoms with Crippen LogP contribution in [0.3, 0.4) is 0 Å². The van der Waals surface area contributed by atoms with Gasteiger partial charge in [0, 0.05) is 5.38 Å². The number of ether oxygens (including phenoxy) is 1. The summed E-state index contributed by atoms with van der Waals surface area (Å²) < 4.78 is 41.5. The van der Waals surface area contributed by atoms with Crippen molar-refractivity contribution in [3.63, 3.8) is 0 Å². The number of hydrogen-bond donors (Lipinski definition) is 1. The number of halogens is 3. The topological polar surface area (TPSA) is 51.2 Å². The first-order valence-electron chi connectivity index (χ1n) is 4.61. The van der Waals surface area contributed by atoms with Gasteiger partial charge in [-0.3, -0.25) is 5.32 Å². The molecule has 0 aliphatic heterocycles. The van der Waals surface area contributed by atoms with Gasteiger partial charge in [0.2, 0.25) is 0 Å². The Morgan fingerprint density at radius 2 is 2.00 bits per heavy atom. The van der Waals surface area contributed by atoms with Crippen molar-refractivity contribution in [2.75, 3.05) is 5.32 Å². The molecule has 1 amide bonds. The van der Waals surface area contributed by atoms with Gasteiger partial charge in [0.25, 0.3) is 0 Å². The fourth-order valence-electron chi connectivity index (χ4n) is 0.852. The number of nitrogens with zero attached hydrogens (tertiary/aromatic N) is 1. The maximum atomic E-state index is 12.2. The average Bonchev–Trinajstić information content (AvgIpc) is 2.47. The SMILES string of the molecule is CC(C)(C)OC(=O)Nc1nc(C(F)(F)F)cs1. The summed E-state index contributed by atoms with van der Waals surface area (Å²) >= 11 is 0.688. The number of nitrogens with one attached hydrogen (secondary N) is 1. The molecule has 1 rings (SSSR count). The first-order chi connectivity index (χ1) is 7.58. The third-order valence-corrected chi connectivity index (χ3v) is 2.16. The molecule has 17 heavy (non-hydrogen) atoms. The number of alkyl halides is 3. The highest BCUT2D eigenvalue weighted by Gasteiger charge is 2.34. The summed E-state index contributed by atoms with van der Waals surface area (Å²) in [6, 6.07) is 0. The molecule has 0 unspecified atom stereocenters. The Balaban J connectivity index is 2.65. The summed E-state index contributed by atoms with van der Waals surface area (Å²) in [7, 11) is 0. The predicted octanol–water partition coefficient (Wildman–Crippen LogP) is 3.51. The minimum atomic E-state index is -4.51. The van der Waals surface area contributed by atoms with Gasteiger partial charge >= 0.3 is 12.3 Å². The van der Waals surface area contributed by atoms with Gasteiger partial charge in [0.05, 0.1) is 0 Å². The van der Waals surface area contributed by atoms with Crippen molar-refractivity contribution in [1.29, 1.82) is 0 Å². The number of thiazole rings is 1. The molecule has 0 aromatic carbocycles. The second kappa shape index (κ2) is 4.52. The number of anilines is 1. The molecule has 0 radical (unpaired) electrons.